The van der Waals surface area contributed by atoms with Crippen LogP contribution in [0, 0.1) is 0 Å². The van der Waals surface area contributed by atoms with Crippen molar-refractivity contribution in [1.29, 1.82) is 0 Å². The largest absolute Gasteiger partial charge is 0.330 e. The lowest BCUT2D eigenvalue weighted by Gasteiger charge is -2.12. The summed E-state index contributed by atoms with van der Waals surface area (Å²) in [4.78, 5) is -0.199. The molecule has 1 aromatic rings. The Morgan fingerprint density at radius 2 is 1.63 bits per heavy atom. The molecule has 0 radical (unpaired) electrons. The first-order valence-corrected chi connectivity index (χ1v) is 9.68. The molecule has 0 amide bonds. The third-order valence-corrected chi connectivity index (χ3v) is 5.22. The number of hydrogen-bond acceptors (Lipinski definition) is 5. The number of benzene rings is 1. The molecule has 0 bridgehead atoms. The highest BCUT2D eigenvalue weighted by Crippen LogP contribution is 2.26. The van der Waals surface area contributed by atoms with Crippen LogP contribution in [0.25, 0.3) is 0 Å². The summed E-state index contributed by atoms with van der Waals surface area (Å²) in [5, 5.41) is 0. The van der Waals surface area contributed by atoms with Crippen molar-refractivity contribution in [2.24, 2.45) is 5.73 Å². The van der Waals surface area contributed by atoms with E-state index in [0.29, 0.717) is 18.5 Å². The maximum Gasteiger partial charge on any atom is 0.177 e. The average molecular weight is 305 g/mol. The average Bonchev–Trinajstić information content (AvgIpc) is 2.26. The third kappa shape index (κ3) is 4.29. The molecule has 0 saturated heterocycles. The maximum atomic E-state index is 11.9. The van der Waals surface area contributed by atoms with E-state index in [-0.39, 0.29) is 9.79 Å². The Morgan fingerprint density at radius 3 is 2.11 bits per heavy atom. The number of aryl methyl sites for hydroxylation is 1. The molecule has 0 unspecified atom stereocenters. The predicted octanol–water partition coefficient (Wildman–Crippen LogP) is 0.775. The van der Waals surface area contributed by atoms with Gasteiger partial charge in [-0.25, -0.2) is 16.8 Å². The smallest absolute Gasteiger partial charge is 0.177 e. The Kier molecular flexibility index (Phi) is 5.11. The highest BCUT2D eigenvalue weighted by molar-refractivity contribution is 7.93. The van der Waals surface area contributed by atoms with Gasteiger partial charge in [0.25, 0.3) is 0 Å². The van der Waals surface area contributed by atoms with Crippen molar-refractivity contribution in [3.8, 4) is 0 Å². The zero-order valence-corrected chi connectivity index (χ0v) is 12.7. The second kappa shape index (κ2) is 6.02. The lowest BCUT2D eigenvalue weighted by atomic mass is 10.1. The highest BCUT2D eigenvalue weighted by Gasteiger charge is 2.23. The molecule has 0 atom stereocenters. The standard InChI is InChI=1S/C12H19NO4S2/c1-18(14,15)11-8-5-7-10(6-3-4-9-13)12(11)19(2,16)17/h5,7-8H,3-4,6,9,13H2,1-2H3. The van der Waals surface area contributed by atoms with Crippen LogP contribution in [-0.2, 0) is 26.1 Å². The summed E-state index contributed by atoms with van der Waals surface area (Å²) in [6.45, 7) is 0.528. The van der Waals surface area contributed by atoms with Gasteiger partial charge in [0.05, 0.1) is 9.79 Å². The SMILES string of the molecule is CS(=O)(=O)c1cccc(CCCCN)c1S(C)(=O)=O. The van der Waals surface area contributed by atoms with Crippen molar-refractivity contribution in [3.05, 3.63) is 23.8 Å². The van der Waals surface area contributed by atoms with Crippen molar-refractivity contribution in [2.75, 3.05) is 19.1 Å². The Balaban J connectivity index is 3.41. The molecule has 0 aromatic heterocycles. The second-order valence-corrected chi connectivity index (χ2v) is 8.47. The van der Waals surface area contributed by atoms with E-state index in [9.17, 15) is 16.8 Å². The minimum absolute atomic E-state index is 0.0745. The minimum Gasteiger partial charge on any atom is -0.330 e. The molecule has 2 N–H and O–H groups in total. The van der Waals surface area contributed by atoms with Crippen LogP contribution in [0.15, 0.2) is 28.0 Å². The Bertz CT molecular complexity index is 648. The van der Waals surface area contributed by atoms with E-state index in [2.05, 4.69) is 0 Å². The molecule has 1 rings (SSSR count). The predicted molar refractivity (Wildman–Crippen MR) is 74.7 cm³/mol. The van der Waals surface area contributed by atoms with Crippen molar-refractivity contribution < 1.29 is 16.8 Å². The lowest BCUT2D eigenvalue weighted by Crippen LogP contribution is -2.11. The van der Waals surface area contributed by atoms with E-state index in [1.807, 2.05) is 0 Å². The Morgan fingerprint density at radius 1 is 1.00 bits per heavy atom. The third-order valence-electron chi connectivity index (χ3n) is 2.73. The number of hydrogen-bond donors (Lipinski definition) is 1. The fraction of sp³-hybridized carbons (Fsp3) is 0.500. The van der Waals surface area contributed by atoms with Crippen LogP contribution < -0.4 is 5.73 Å². The van der Waals surface area contributed by atoms with Gasteiger partial charge in [-0.2, -0.15) is 0 Å². The summed E-state index contributed by atoms with van der Waals surface area (Å²) in [5.41, 5.74) is 5.94. The molecule has 19 heavy (non-hydrogen) atoms. The van der Waals surface area contributed by atoms with E-state index < -0.39 is 19.7 Å². The van der Waals surface area contributed by atoms with Gasteiger partial charge in [0.2, 0.25) is 0 Å². The molecule has 0 spiro atoms. The summed E-state index contributed by atoms with van der Waals surface area (Å²) < 4.78 is 47.1. The summed E-state index contributed by atoms with van der Waals surface area (Å²) in [5.74, 6) is 0. The minimum atomic E-state index is -3.59. The van der Waals surface area contributed by atoms with Crippen molar-refractivity contribution in [3.63, 3.8) is 0 Å². The van der Waals surface area contributed by atoms with Gasteiger partial charge >= 0.3 is 0 Å². The maximum absolute atomic E-state index is 11.9. The first-order chi connectivity index (χ1) is 8.68. The highest BCUT2D eigenvalue weighted by atomic mass is 32.2. The molecule has 108 valence electrons. The van der Waals surface area contributed by atoms with E-state index in [4.69, 9.17) is 5.73 Å². The Hall–Kier alpha value is -0.920. The number of unbranched alkanes of at least 4 members (excludes halogenated alkanes) is 1. The molecular weight excluding hydrogens is 286 g/mol. The van der Waals surface area contributed by atoms with Crippen LogP contribution in [0.2, 0.25) is 0 Å². The van der Waals surface area contributed by atoms with Gasteiger partial charge in [0, 0.05) is 12.5 Å². The van der Waals surface area contributed by atoms with Crippen molar-refractivity contribution >= 4 is 19.7 Å². The molecule has 0 aliphatic rings. The van der Waals surface area contributed by atoms with Crippen LogP contribution in [0.4, 0.5) is 0 Å². The van der Waals surface area contributed by atoms with E-state index in [1.165, 1.54) is 6.07 Å². The summed E-state index contributed by atoms with van der Waals surface area (Å²) in [6.07, 6.45) is 4.05. The van der Waals surface area contributed by atoms with E-state index in [0.717, 1.165) is 25.4 Å². The molecular formula is C12H19NO4S2. The monoisotopic (exact) mass is 305 g/mol. The topological polar surface area (TPSA) is 94.3 Å². The molecule has 1 aromatic carbocycles. The number of rotatable bonds is 6. The second-order valence-electron chi connectivity index (χ2n) is 4.53. The van der Waals surface area contributed by atoms with Gasteiger partial charge in [-0.15, -0.1) is 0 Å². The molecule has 0 saturated carbocycles. The lowest BCUT2D eigenvalue weighted by molar-refractivity contribution is 0.586. The van der Waals surface area contributed by atoms with E-state index in [1.54, 1.807) is 12.1 Å². The number of sulfone groups is 2. The molecule has 5 nitrogen and oxygen atoms in total. The van der Waals surface area contributed by atoms with Crippen LogP contribution in [0.1, 0.15) is 18.4 Å². The summed E-state index contributed by atoms with van der Waals surface area (Å²) in [6, 6.07) is 4.56. The van der Waals surface area contributed by atoms with Crippen LogP contribution in [0.5, 0.6) is 0 Å². The van der Waals surface area contributed by atoms with Gasteiger partial charge in [-0.3, -0.25) is 0 Å². The fourth-order valence-corrected chi connectivity index (χ4v) is 4.71. The molecule has 7 heteroatoms. The first kappa shape index (κ1) is 16.1. The fourth-order valence-electron chi connectivity index (χ4n) is 1.93. The first-order valence-electron chi connectivity index (χ1n) is 5.90. The van der Waals surface area contributed by atoms with Gasteiger partial charge in [-0.1, -0.05) is 12.1 Å². The van der Waals surface area contributed by atoms with Crippen LogP contribution >= 0.6 is 0 Å². The van der Waals surface area contributed by atoms with Crippen LogP contribution in [-0.4, -0.2) is 35.9 Å². The van der Waals surface area contributed by atoms with Gasteiger partial charge < -0.3 is 5.73 Å². The summed E-state index contributed by atoms with van der Waals surface area (Å²) >= 11 is 0. The van der Waals surface area contributed by atoms with Gasteiger partial charge in [-0.05, 0) is 37.4 Å². The zero-order valence-electron chi connectivity index (χ0n) is 11.1. The van der Waals surface area contributed by atoms with Gasteiger partial charge in [0.15, 0.2) is 19.7 Å². The van der Waals surface area contributed by atoms with E-state index >= 15 is 0 Å². The van der Waals surface area contributed by atoms with Crippen molar-refractivity contribution in [1.82, 2.24) is 0 Å². The molecule has 0 aliphatic heterocycles. The zero-order chi connectivity index (χ0) is 14.7. The summed E-state index contributed by atoms with van der Waals surface area (Å²) in [7, 11) is -7.17. The quantitative estimate of drug-likeness (QED) is 0.784. The molecule has 0 aliphatic carbocycles. The van der Waals surface area contributed by atoms with Crippen LogP contribution in [0.3, 0.4) is 0 Å². The Labute approximate surface area is 114 Å². The normalized spacial score (nSPS) is 12.6. The van der Waals surface area contributed by atoms with Crippen molar-refractivity contribution in [2.45, 2.75) is 29.1 Å². The number of nitrogens with two attached hydrogens (primary N) is 1. The molecule has 0 heterocycles. The molecule has 0 fully saturated rings. The van der Waals surface area contributed by atoms with Gasteiger partial charge in [0.1, 0.15) is 0 Å².